The minimum Gasteiger partial charge on any atom is -0.207 e. The quantitative estimate of drug-likeness (QED) is 0.793. The first-order valence-corrected chi connectivity index (χ1v) is 9.57. The third-order valence-corrected chi connectivity index (χ3v) is 5.19. The second-order valence-electron chi connectivity index (χ2n) is 5.36. The lowest BCUT2D eigenvalue weighted by Crippen LogP contribution is -2.25. The van der Waals surface area contributed by atoms with Crippen molar-refractivity contribution in [2.45, 2.75) is 12.5 Å². The summed E-state index contributed by atoms with van der Waals surface area (Å²) in [5.74, 6) is -0.355. The van der Waals surface area contributed by atoms with Gasteiger partial charge in [-0.1, -0.05) is 40.2 Å². The molecule has 0 amide bonds. The number of hydrazone groups is 1. The zero-order chi connectivity index (χ0) is 16.6. The smallest absolute Gasteiger partial charge is 0.207 e. The number of hydrogen-bond donors (Lipinski definition) is 0. The van der Waals surface area contributed by atoms with Crippen molar-refractivity contribution in [3.63, 3.8) is 0 Å². The minimum absolute atomic E-state index is 0.355. The molecular formula is C16H14BrFN2O2S. The fraction of sp³-hybridized carbons (Fsp3) is 0.188. The van der Waals surface area contributed by atoms with Crippen molar-refractivity contribution in [3.8, 4) is 0 Å². The number of benzene rings is 2. The summed E-state index contributed by atoms with van der Waals surface area (Å²) in [5.41, 5.74) is 2.27. The van der Waals surface area contributed by atoms with Crippen molar-refractivity contribution < 1.29 is 12.8 Å². The third-order valence-electron chi connectivity index (χ3n) is 3.64. The monoisotopic (exact) mass is 396 g/mol. The number of hydrogen-bond acceptors (Lipinski definition) is 3. The van der Waals surface area contributed by atoms with Gasteiger partial charge in [-0.05, 0) is 35.4 Å². The Morgan fingerprint density at radius 3 is 2.30 bits per heavy atom. The maximum Gasteiger partial charge on any atom is 0.247 e. The van der Waals surface area contributed by atoms with Gasteiger partial charge in [-0.3, -0.25) is 0 Å². The lowest BCUT2D eigenvalue weighted by Gasteiger charge is -2.21. The molecule has 1 heterocycles. The molecule has 0 aliphatic carbocycles. The number of halogens is 2. The fourth-order valence-corrected chi connectivity index (χ4v) is 3.71. The van der Waals surface area contributed by atoms with E-state index >= 15 is 0 Å². The summed E-state index contributed by atoms with van der Waals surface area (Å²) in [6, 6.07) is 12.9. The maximum absolute atomic E-state index is 13.1. The van der Waals surface area contributed by atoms with Crippen LogP contribution in [0.4, 0.5) is 4.39 Å². The van der Waals surface area contributed by atoms with E-state index in [1.54, 1.807) is 12.1 Å². The molecule has 0 saturated heterocycles. The standard InChI is InChI=1S/C16H14BrFN2O2S/c1-23(21,22)20-16(12-4-8-14(18)9-5-12)10-15(19-20)11-2-6-13(17)7-3-11/h2-9,16H,10H2,1H3/t16-/m0/s1. The van der Waals surface area contributed by atoms with Crippen molar-refractivity contribution in [1.82, 2.24) is 4.41 Å². The van der Waals surface area contributed by atoms with Crippen LogP contribution in [0.15, 0.2) is 58.1 Å². The number of nitrogens with zero attached hydrogens (tertiary/aromatic N) is 2. The van der Waals surface area contributed by atoms with E-state index in [1.807, 2.05) is 24.3 Å². The van der Waals surface area contributed by atoms with Crippen LogP contribution in [0.3, 0.4) is 0 Å². The van der Waals surface area contributed by atoms with Crippen LogP contribution in [0, 0.1) is 5.82 Å². The van der Waals surface area contributed by atoms with Crippen LogP contribution in [0.2, 0.25) is 0 Å². The largest absolute Gasteiger partial charge is 0.247 e. The predicted molar refractivity (Wildman–Crippen MR) is 91.1 cm³/mol. The van der Waals surface area contributed by atoms with Gasteiger partial charge in [0, 0.05) is 10.9 Å². The highest BCUT2D eigenvalue weighted by atomic mass is 79.9. The Hall–Kier alpha value is -1.73. The zero-order valence-corrected chi connectivity index (χ0v) is 14.7. The van der Waals surface area contributed by atoms with Gasteiger partial charge >= 0.3 is 0 Å². The fourth-order valence-electron chi connectivity index (χ4n) is 2.54. The molecule has 0 N–H and O–H groups in total. The van der Waals surface area contributed by atoms with E-state index in [9.17, 15) is 12.8 Å². The Balaban J connectivity index is 1.99. The number of sulfonamides is 1. The van der Waals surface area contributed by atoms with E-state index in [0.717, 1.165) is 20.7 Å². The van der Waals surface area contributed by atoms with Gasteiger partial charge in [0.25, 0.3) is 0 Å². The van der Waals surface area contributed by atoms with Crippen LogP contribution in [0.25, 0.3) is 0 Å². The third kappa shape index (κ3) is 3.45. The van der Waals surface area contributed by atoms with Crippen LogP contribution < -0.4 is 0 Å². The summed E-state index contributed by atoms with van der Waals surface area (Å²) in [4.78, 5) is 0. The predicted octanol–water partition coefficient (Wildman–Crippen LogP) is 3.70. The Morgan fingerprint density at radius 2 is 1.74 bits per heavy atom. The van der Waals surface area contributed by atoms with E-state index in [2.05, 4.69) is 21.0 Å². The molecular weight excluding hydrogens is 383 g/mol. The van der Waals surface area contributed by atoms with Gasteiger partial charge in [-0.25, -0.2) is 12.8 Å². The molecule has 2 aromatic carbocycles. The molecule has 4 nitrogen and oxygen atoms in total. The first kappa shape index (κ1) is 16.1. The molecule has 0 radical (unpaired) electrons. The van der Waals surface area contributed by atoms with E-state index in [4.69, 9.17) is 0 Å². The second-order valence-corrected chi connectivity index (χ2v) is 8.12. The summed E-state index contributed by atoms with van der Waals surface area (Å²) in [6.45, 7) is 0. The number of rotatable bonds is 3. The van der Waals surface area contributed by atoms with Crippen molar-refractivity contribution in [3.05, 3.63) is 69.9 Å². The molecule has 120 valence electrons. The van der Waals surface area contributed by atoms with Gasteiger partial charge < -0.3 is 0 Å². The highest BCUT2D eigenvalue weighted by molar-refractivity contribution is 9.10. The molecule has 1 aliphatic rings. The van der Waals surface area contributed by atoms with Crippen LogP contribution in [0.1, 0.15) is 23.6 Å². The lowest BCUT2D eigenvalue weighted by atomic mass is 9.99. The zero-order valence-electron chi connectivity index (χ0n) is 12.3. The molecule has 7 heteroatoms. The van der Waals surface area contributed by atoms with Gasteiger partial charge in [0.15, 0.2) is 0 Å². The molecule has 0 unspecified atom stereocenters. The SMILES string of the molecule is CS(=O)(=O)N1N=C(c2ccc(Br)cc2)C[C@H]1c1ccc(F)cc1. The molecule has 0 fully saturated rings. The normalized spacial score (nSPS) is 18.1. The Bertz CT molecular complexity index is 849. The van der Waals surface area contributed by atoms with Crippen LogP contribution in [0.5, 0.6) is 0 Å². The van der Waals surface area contributed by atoms with E-state index < -0.39 is 16.1 Å². The summed E-state index contributed by atoms with van der Waals surface area (Å²) >= 11 is 3.37. The van der Waals surface area contributed by atoms with Crippen LogP contribution in [-0.4, -0.2) is 24.8 Å². The first-order valence-electron chi connectivity index (χ1n) is 6.93. The molecule has 23 heavy (non-hydrogen) atoms. The molecule has 0 bridgehead atoms. The molecule has 1 atom stereocenters. The topological polar surface area (TPSA) is 49.7 Å². The Morgan fingerprint density at radius 1 is 1.13 bits per heavy atom. The molecule has 2 aromatic rings. The molecule has 3 rings (SSSR count). The van der Waals surface area contributed by atoms with E-state index in [0.29, 0.717) is 17.7 Å². The average molecular weight is 397 g/mol. The Kier molecular flexibility index (Phi) is 4.25. The van der Waals surface area contributed by atoms with Crippen LogP contribution in [-0.2, 0) is 10.0 Å². The van der Waals surface area contributed by atoms with Gasteiger partial charge in [-0.2, -0.15) is 9.52 Å². The lowest BCUT2D eigenvalue weighted by molar-refractivity contribution is 0.374. The van der Waals surface area contributed by atoms with Crippen molar-refractivity contribution in [2.24, 2.45) is 5.10 Å². The van der Waals surface area contributed by atoms with Crippen molar-refractivity contribution >= 4 is 31.7 Å². The highest BCUT2D eigenvalue weighted by Crippen LogP contribution is 2.34. The maximum atomic E-state index is 13.1. The van der Waals surface area contributed by atoms with Gasteiger partial charge in [0.1, 0.15) is 5.82 Å². The van der Waals surface area contributed by atoms with Gasteiger partial charge in [0.05, 0.1) is 18.0 Å². The second kappa shape index (κ2) is 6.05. The summed E-state index contributed by atoms with van der Waals surface area (Å²) in [5, 5.41) is 4.29. The van der Waals surface area contributed by atoms with Crippen molar-refractivity contribution in [2.75, 3.05) is 6.26 Å². The molecule has 0 saturated carbocycles. The average Bonchev–Trinajstić information content (AvgIpc) is 2.94. The first-order chi connectivity index (χ1) is 10.8. The van der Waals surface area contributed by atoms with Crippen molar-refractivity contribution in [1.29, 1.82) is 0 Å². The van der Waals surface area contributed by atoms with E-state index in [1.165, 1.54) is 12.1 Å². The molecule has 0 aromatic heterocycles. The Labute approximate surface area is 142 Å². The summed E-state index contributed by atoms with van der Waals surface area (Å²) < 4.78 is 39.3. The minimum atomic E-state index is -3.52. The molecule has 0 spiro atoms. The highest BCUT2D eigenvalue weighted by Gasteiger charge is 2.34. The van der Waals surface area contributed by atoms with Gasteiger partial charge in [-0.15, -0.1) is 0 Å². The van der Waals surface area contributed by atoms with Crippen LogP contribution >= 0.6 is 15.9 Å². The van der Waals surface area contributed by atoms with Gasteiger partial charge in [0.2, 0.25) is 10.0 Å². The van der Waals surface area contributed by atoms with E-state index in [-0.39, 0.29) is 5.82 Å². The summed E-state index contributed by atoms with van der Waals surface area (Å²) in [7, 11) is -3.52. The summed E-state index contributed by atoms with van der Waals surface area (Å²) in [6.07, 6.45) is 1.57. The molecule has 1 aliphatic heterocycles.